The predicted molar refractivity (Wildman–Crippen MR) is 94.0 cm³/mol. The Bertz CT molecular complexity index is 712. The normalized spacial score (nSPS) is 13.2. The van der Waals surface area contributed by atoms with Crippen molar-refractivity contribution in [2.75, 3.05) is 19.6 Å². The number of hydrogen-bond acceptors (Lipinski definition) is 3. The van der Waals surface area contributed by atoms with E-state index in [1.165, 1.54) is 11.1 Å². The molecule has 0 saturated carbocycles. The highest BCUT2D eigenvalue weighted by Gasteiger charge is 2.19. The van der Waals surface area contributed by atoms with Crippen LogP contribution in [0.4, 0.5) is 4.79 Å². The van der Waals surface area contributed by atoms with E-state index >= 15 is 0 Å². The average molecular weight is 341 g/mol. The molecule has 0 aliphatic carbocycles. The molecule has 0 bridgehead atoms. The van der Waals surface area contributed by atoms with Crippen molar-refractivity contribution >= 4 is 11.9 Å². The molecule has 25 heavy (non-hydrogen) atoms. The fourth-order valence-electron chi connectivity index (χ4n) is 2.93. The first-order chi connectivity index (χ1) is 12.2. The van der Waals surface area contributed by atoms with E-state index < -0.39 is 0 Å². The predicted octanol–water partition coefficient (Wildman–Crippen LogP) is 2.10. The van der Waals surface area contributed by atoms with Crippen LogP contribution in [0.25, 0.3) is 0 Å². The molecule has 6 heteroatoms. The Hall–Kier alpha value is -2.76. The van der Waals surface area contributed by atoms with Gasteiger partial charge in [0.25, 0.3) is 0 Å². The van der Waals surface area contributed by atoms with Crippen LogP contribution in [0.15, 0.2) is 47.1 Å². The molecule has 0 atom stereocenters. The van der Waals surface area contributed by atoms with Gasteiger partial charge in [0.15, 0.2) is 0 Å². The Morgan fingerprint density at radius 1 is 1.04 bits per heavy atom. The zero-order valence-corrected chi connectivity index (χ0v) is 14.2. The number of nitrogens with one attached hydrogen (secondary N) is 2. The molecule has 3 rings (SSSR count). The van der Waals surface area contributed by atoms with Crippen molar-refractivity contribution in [3.05, 3.63) is 59.5 Å². The number of furan rings is 1. The van der Waals surface area contributed by atoms with Crippen molar-refractivity contribution in [3.8, 4) is 0 Å². The third-order valence-corrected chi connectivity index (χ3v) is 4.32. The van der Waals surface area contributed by atoms with Crippen molar-refractivity contribution in [1.29, 1.82) is 0 Å². The van der Waals surface area contributed by atoms with Crippen LogP contribution in [0.5, 0.6) is 0 Å². The summed E-state index contributed by atoms with van der Waals surface area (Å²) in [5.74, 6) is 0.773. The molecule has 3 amide bonds. The van der Waals surface area contributed by atoms with Gasteiger partial charge in [0.1, 0.15) is 5.76 Å². The standard InChI is InChI=1S/C19H23N3O3/c23-18(20-10-7-17-6-3-13-25-17)8-11-21-19(24)22-12-9-15-4-1-2-5-16(15)14-22/h1-6,13H,7-12,14H2,(H,20,23)(H,21,24). The molecular formula is C19H23N3O3. The number of nitrogens with zero attached hydrogens (tertiary/aromatic N) is 1. The quantitative estimate of drug-likeness (QED) is 0.845. The molecule has 0 radical (unpaired) electrons. The van der Waals surface area contributed by atoms with Crippen molar-refractivity contribution in [2.45, 2.75) is 25.8 Å². The Labute approximate surface area is 147 Å². The Morgan fingerprint density at radius 3 is 2.68 bits per heavy atom. The first-order valence-electron chi connectivity index (χ1n) is 8.61. The fourth-order valence-corrected chi connectivity index (χ4v) is 2.93. The highest BCUT2D eigenvalue weighted by atomic mass is 16.3. The fraction of sp³-hybridized carbons (Fsp3) is 0.368. The summed E-state index contributed by atoms with van der Waals surface area (Å²) >= 11 is 0. The van der Waals surface area contributed by atoms with Crippen LogP contribution in [-0.4, -0.2) is 36.5 Å². The van der Waals surface area contributed by atoms with Gasteiger partial charge in [-0.15, -0.1) is 0 Å². The molecule has 2 N–H and O–H groups in total. The van der Waals surface area contributed by atoms with E-state index in [1.54, 1.807) is 11.2 Å². The zero-order valence-electron chi connectivity index (χ0n) is 14.2. The van der Waals surface area contributed by atoms with Crippen LogP contribution >= 0.6 is 0 Å². The van der Waals surface area contributed by atoms with Gasteiger partial charge in [0, 0.05) is 39.0 Å². The van der Waals surface area contributed by atoms with Gasteiger partial charge in [0.05, 0.1) is 6.26 Å². The minimum absolute atomic E-state index is 0.0733. The van der Waals surface area contributed by atoms with Crippen molar-refractivity contribution < 1.29 is 14.0 Å². The van der Waals surface area contributed by atoms with Gasteiger partial charge >= 0.3 is 6.03 Å². The maximum Gasteiger partial charge on any atom is 0.317 e. The summed E-state index contributed by atoms with van der Waals surface area (Å²) in [6.45, 7) is 2.20. The largest absolute Gasteiger partial charge is 0.469 e. The van der Waals surface area contributed by atoms with Crippen LogP contribution in [0.3, 0.4) is 0 Å². The summed E-state index contributed by atoms with van der Waals surface area (Å²) in [4.78, 5) is 25.8. The van der Waals surface area contributed by atoms with E-state index in [0.717, 1.165) is 12.2 Å². The highest BCUT2D eigenvalue weighted by molar-refractivity contribution is 5.78. The molecule has 132 valence electrons. The van der Waals surface area contributed by atoms with Crippen LogP contribution in [0.1, 0.15) is 23.3 Å². The van der Waals surface area contributed by atoms with E-state index in [-0.39, 0.29) is 18.4 Å². The minimum atomic E-state index is -0.113. The van der Waals surface area contributed by atoms with Gasteiger partial charge in [-0.05, 0) is 29.7 Å². The van der Waals surface area contributed by atoms with Crippen molar-refractivity contribution in [2.24, 2.45) is 0 Å². The smallest absolute Gasteiger partial charge is 0.317 e. The third kappa shape index (κ3) is 4.86. The van der Waals surface area contributed by atoms with Gasteiger partial charge in [0.2, 0.25) is 5.91 Å². The molecule has 1 aromatic carbocycles. The molecule has 2 heterocycles. The number of rotatable bonds is 6. The first kappa shape index (κ1) is 17.1. The molecule has 1 aromatic heterocycles. The molecule has 6 nitrogen and oxygen atoms in total. The van der Waals surface area contributed by atoms with Gasteiger partial charge < -0.3 is 20.0 Å². The number of hydrogen-bond donors (Lipinski definition) is 2. The van der Waals surface area contributed by atoms with Crippen LogP contribution < -0.4 is 10.6 Å². The van der Waals surface area contributed by atoms with E-state index in [9.17, 15) is 9.59 Å². The second-order valence-electron chi connectivity index (χ2n) is 6.10. The number of fused-ring (bicyclic) bond motifs is 1. The summed E-state index contributed by atoms with van der Waals surface area (Å²) in [6.07, 6.45) is 3.43. The topological polar surface area (TPSA) is 74.6 Å². The summed E-state index contributed by atoms with van der Waals surface area (Å²) < 4.78 is 5.21. The molecule has 0 saturated heterocycles. The molecule has 1 aliphatic heterocycles. The lowest BCUT2D eigenvalue weighted by molar-refractivity contribution is -0.120. The minimum Gasteiger partial charge on any atom is -0.469 e. The summed E-state index contributed by atoms with van der Waals surface area (Å²) in [6, 6.07) is 11.8. The SMILES string of the molecule is O=C(CCNC(=O)N1CCc2ccccc2C1)NCCc1ccco1. The van der Waals surface area contributed by atoms with E-state index in [0.29, 0.717) is 32.6 Å². The molecule has 2 aromatic rings. The third-order valence-electron chi connectivity index (χ3n) is 4.32. The molecule has 1 aliphatic rings. The lowest BCUT2D eigenvalue weighted by Crippen LogP contribution is -2.43. The van der Waals surface area contributed by atoms with Gasteiger partial charge in [-0.1, -0.05) is 24.3 Å². The average Bonchev–Trinajstić information content (AvgIpc) is 3.14. The first-order valence-corrected chi connectivity index (χ1v) is 8.61. The monoisotopic (exact) mass is 341 g/mol. The summed E-state index contributed by atoms with van der Waals surface area (Å²) in [7, 11) is 0. The van der Waals surface area contributed by atoms with Gasteiger partial charge in [-0.2, -0.15) is 0 Å². The van der Waals surface area contributed by atoms with E-state index in [1.807, 2.05) is 24.3 Å². The highest BCUT2D eigenvalue weighted by Crippen LogP contribution is 2.18. The van der Waals surface area contributed by atoms with Crippen LogP contribution in [0, 0.1) is 0 Å². The maximum atomic E-state index is 12.2. The lowest BCUT2D eigenvalue weighted by Gasteiger charge is -2.28. The molecule has 0 spiro atoms. The summed E-state index contributed by atoms with van der Waals surface area (Å²) in [5.41, 5.74) is 2.50. The van der Waals surface area contributed by atoms with Gasteiger partial charge in [-0.25, -0.2) is 4.79 Å². The van der Waals surface area contributed by atoms with Crippen LogP contribution in [-0.2, 0) is 24.2 Å². The van der Waals surface area contributed by atoms with Gasteiger partial charge in [-0.3, -0.25) is 4.79 Å². The maximum absolute atomic E-state index is 12.2. The Balaban J connectivity index is 1.33. The molecule has 0 unspecified atom stereocenters. The van der Waals surface area contributed by atoms with E-state index in [4.69, 9.17) is 4.42 Å². The number of urea groups is 1. The molecular weight excluding hydrogens is 318 g/mol. The second kappa shape index (κ2) is 8.37. The van der Waals surface area contributed by atoms with Crippen molar-refractivity contribution in [1.82, 2.24) is 15.5 Å². The second-order valence-corrected chi connectivity index (χ2v) is 6.10. The number of amides is 3. The number of carbonyl (C=O) groups excluding carboxylic acids is 2. The molecule has 0 fully saturated rings. The Kier molecular flexibility index (Phi) is 5.72. The van der Waals surface area contributed by atoms with E-state index in [2.05, 4.69) is 22.8 Å². The van der Waals surface area contributed by atoms with Crippen LogP contribution in [0.2, 0.25) is 0 Å². The number of carbonyl (C=O) groups is 2. The number of benzene rings is 1. The van der Waals surface area contributed by atoms with Crippen molar-refractivity contribution in [3.63, 3.8) is 0 Å². The Morgan fingerprint density at radius 2 is 1.88 bits per heavy atom. The summed E-state index contributed by atoms with van der Waals surface area (Å²) in [5, 5.41) is 5.65. The lowest BCUT2D eigenvalue weighted by atomic mass is 10.0. The zero-order chi connectivity index (χ0) is 17.5.